The molecule has 7 heteroatoms. The Balaban J connectivity index is 2.26. The Labute approximate surface area is 121 Å². The van der Waals surface area contributed by atoms with Crippen LogP contribution in [0.2, 0.25) is 0 Å². The van der Waals surface area contributed by atoms with E-state index in [0.29, 0.717) is 16.3 Å². The number of aliphatic hydroxyl groups excluding tert-OH is 1. The molecular weight excluding hydrogens is 280 g/mol. The molecule has 6 nitrogen and oxygen atoms in total. The summed E-state index contributed by atoms with van der Waals surface area (Å²) in [6.07, 6.45) is 1.88. The van der Waals surface area contributed by atoms with Crippen molar-refractivity contribution in [2.45, 2.75) is 32.7 Å². The summed E-state index contributed by atoms with van der Waals surface area (Å²) >= 11 is 1.14. The van der Waals surface area contributed by atoms with E-state index in [9.17, 15) is 20.0 Å². The quantitative estimate of drug-likeness (QED) is 0.685. The van der Waals surface area contributed by atoms with E-state index in [1.807, 2.05) is 6.92 Å². The van der Waals surface area contributed by atoms with Crippen molar-refractivity contribution in [3.63, 3.8) is 0 Å². The third kappa shape index (κ3) is 2.69. The molecule has 2 rings (SSSR count). The van der Waals surface area contributed by atoms with Gasteiger partial charge in [-0.15, -0.1) is 11.3 Å². The SMILES string of the molecule is Cc1sc(C(=O)N2CCCC(C)C2CO)cc1[N+](=O)[O-]. The predicted octanol–water partition coefficient (Wildman–Crippen LogP) is 2.20. The third-order valence-electron chi connectivity index (χ3n) is 3.86. The van der Waals surface area contributed by atoms with Gasteiger partial charge in [0.1, 0.15) is 0 Å². The van der Waals surface area contributed by atoms with Crippen molar-refractivity contribution in [2.75, 3.05) is 13.2 Å². The van der Waals surface area contributed by atoms with Gasteiger partial charge in [-0.2, -0.15) is 0 Å². The molecule has 0 saturated carbocycles. The van der Waals surface area contributed by atoms with Crippen LogP contribution >= 0.6 is 11.3 Å². The van der Waals surface area contributed by atoms with Crippen molar-refractivity contribution in [1.82, 2.24) is 4.90 Å². The number of nitro groups is 1. The van der Waals surface area contributed by atoms with Crippen LogP contribution in [0.25, 0.3) is 0 Å². The van der Waals surface area contributed by atoms with E-state index in [-0.39, 0.29) is 30.2 Å². The molecule has 0 aliphatic carbocycles. The number of hydrogen-bond acceptors (Lipinski definition) is 5. The van der Waals surface area contributed by atoms with E-state index in [0.717, 1.165) is 24.2 Å². The minimum Gasteiger partial charge on any atom is -0.394 e. The van der Waals surface area contributed by atoms with Crippen LogP contribution in [0.15, 0.2) is 6.07 Å². The molecule has 20 heavy (non-hydrogen) atoms. The van der Waals surface area contributed by atoms with Crippen molar-refractivity contribution in [3.05, 3.63) is 25.9 Å². The Hall–Kier alpha value is -1.47. The fourth-order valence-corrected chi connectivity index (χ4v) is 3.62. The van der Waals surface area contributed by atoms with Gasteiger partial charge in [0.15, 0.2) is 0 Å². The fraction of sp³-hybridized carbons (Fsp3) is 0.615. The number of aliphatic hydroxyl groups is 1. The predicted molar refractivity (Wildman–Crippen MR) is 76.0 cm³/mol. The number of piperidine rings is 1. The Morgan fingerprint density at radius 3 is 2.90 bits per heavy atom. The molecule has 1 aliphatic heterocycles. The van der Waals surface area contributed by atoms with E-state index in [1.54, 1.807) is 11.8 Å². The smallest absolute Gasteiger partial charge is 0.283 e. The lowest BCUT2D eigenvalue weighted by Crippen LogP contribution is -2.49. The number of carbonyl (C=O) groups is 1. The Morgan fingerprint density at radius 2 is 2.35 bits per heavy atom. The molecule has 1 aliphatic rings. The molecule has 0 bridgehead atoms. The van der Waals surface area contributed by atoms with Crippen LogP contribution in [0, 0.1) is 23.0 Å². The summed E-state index contributed by atoms with van der Waals surface area (Å²) in [4.78, 5) is 25.5. The largest absolute Gasteiger partial charge is 0.394 e. The van der Waals surface area contributed by atoms with Gasteiger partial charge >= 0.3 is 0 Å². The zero-order chi connectivity index (χ0) is 14.9. The van der Waals surface area contributed by atoms with E-state index >= 15 is 0 Å². The highest BCUT2D eigenvalue weighted by Gasteiger charge is 2.33. The van der Waals surface area contributed by atoms with Gasteiger partial charge < -0.3 is 10.0 Å². The topological polar surface area (TPSA) is 83.7 Å². The average molecular weight is 298 g/mol. The lowest BCUT2D eigenvalue weighted by Gasteiger charge is -2.38. The number of hydrogen-bond donors (Lipinski definition) is 1. The summed E-state index contributed by atoms with van der Waals surface area (Å²) in [6.45, 7) is 4.18. The van der Waals surface area contributed by atoms with E-state index < -0.39 is 4.92 Å². The highest BCUT2D eigenvalue weighted by Crippen LogP contribution is 2.31. The van der Waals surface area contributed by atoms with Gasteiger partial charge in [0.2, 0.25) is 0 Å². The summed E-state index contributed by atoms with van der Waals surface area (Å²) < 4.78 is 0. The maximum Gasteiger partial charge on any atom is 0.283 e. The van der Waals surface area contributed by atoms with E-state index in [1.165, 1.54) is 6.07 Å². The minimum absolute atomic E-state index is 0.0102. The second kappa shape index (κ2) is 5.88. The Bertz CT molecular complexity index is 528. The Kier molecular flexibility index (Phi) is 4.39. The van der Waals surface area contributed by atoms with Crippen LogP contribution in [0.5, 0.6) is 0 Å². The standard InChI is InChI=1S/C13H18N2O4S/c1-8-4-3-5-14(11(8)7-16)13(17)12-6-10(15(18)19)9(2)20-12/h6,8,11,16H,3-5,7H2,1-2H3. The van der Waals surface area contributed by atoms with Gasteiger partial charge in [0.05, 0.1) is 27.3 Å². The first-order valence-electron chi connectivity index (χ1n) is 6.62. The van der Waals surface area contributed by atoms with Crippen LogP contribution in [-0.4, -0.2) is 40.0 Å². The number of likely N-dealkylation sites (tertiary alicyclic amines) is 1. The van der Waals surface area contributed by atoms with E-state index in [2.05, 4.69) is 0 Å². The summed E-state index contributed by atoms with van der Waals surface area (Å²) in [7, 11) is 0. The van der Waals surface area contributed by atoms with Gasteiger partial charge in [-0.1, -0.05) is 6.92 Å². The second-order valence-corrected chi connectivity index (χ2v) is 6.43. The summed E-state index contributed by atoms with van der Waals surface area (Å²) in [5, 5.41) is 20.3. The molecule has 1 saturated heterocycles. The first-order valence-corrected chi connectivity index (χ1v) is 7.44. The number of amides is 1. The molecule has 1 amide bonds. The molecule has 1 fully saturated rings. The van der Waals surface area contributed by atoms with Gasteiger partial charge in [0, 0.05) is 12.6 Å². The number of carbonyl (C=O) groups excluding carboxylic acids is 1. The van der Waals surface area contributed by atoms with Crippen molar-refractivity contribution < 1.29 is 14.8 Å². The summed E-state index contributed by atoms with van der Waals surface area (Å²) in [5.41, 5.74) is -0.0102. The monoisotopic (exact) mass is 298 g/mol. The average Bonchev–Trinajstić information content (AvgIpc) is 2.80. The van der Waals surface area contributed by atoms with Crippen LogP contribution < -0.4 is 0 Å². The van der Waals surface area contributed by atoms with Crippen molar-refractivity contribution in [2.24, 2.45) is 5.92 Å². The normalized spacial score (nSPS) is 22.9. The van der Waals surface area contributed by atoms with Gasteiger partial charge in [-0.25, -0.2) is 0 Å². The second-order valence-electron chi connectivity index (χ2n) is 5.18. The molecule has 2 atom stereocenters. The first-order chi connectivity index (χ1) is 9.45. The molecule has 110 valence electrons. The maximum atomic E-state index is 12.5. The molecule has 1 aromatic rings. The maximum absolute atomic E-state index is 12.5. The number of nitrogens with zero attached hydrogens (tertiary/aromatic N) is 2. The highest BCUT2D eigenvalue weighted by molar-refractivity contribution is 7.14. The lowest BCUT2D eigenvalue weighted by atomic mass is 9.91. The van der Waals surface area contributed by atoms with Crippen LogP contribution in [0.1, 0.15) is 34.3 Å². The van der Waals surface area contributed by atoms with Crippen molar-refractivity contribution in [3.8, 4) is 0 Å². The summed E-state index contributed by atoms with van der Waals surface area (Å²) in [6, 6.07) is 1.15. The summed E-state index contributed by atoms with van der Waals surface area (Å²) in [5.74, 6) is 0.0329. The lowest BCUT2D eigenvalue weighted by molar-refractivity contribution is -0.385. The molecule has 2 unspecified atom stereocenters. The van der Waals surface area contributed by atoms with Crippen molar-refractivity contribution in [1.29, 1.82) is 0 Å². The van der Waals surface area contributed by atoms with Gasteiger partial charge in [-0.05, 0) is 25.7 Å². The minimum atomic E-state index is -0.467. The van der Waals surface area contributed by atoms with Gasteiger partial charge in [0.25, 0.3) is 11.6 Å². The number of rotatable bonds is 3. The molecular formula is C13H18N2O4S. The van der Waals surface area contributed by atoms with Crippen molar-refractivity contribution >= 4 is 22.9 Å². The fourth-order valence-electron chi connectivity index (χ4n) is 2.68. The van der Waals surface area contributed by atoms with Gasteiger partial charge in [-0.3, -0.25) is 14.9 Å². The molecule has 0 aromatic carbocycles. The van der Waals surface area contributed by atoms with Crippen LogP contribution in [0.4, 0.5) is 5.69 Å². The molecule has 1 aromatic heterocycles. The molecule has 0 spiro atoms. The highest BCUT2D eigenvalue weighted by atomic mass is 32.1. The Morgan fingerprint density at radius 1 is 1.65 bits per heavy atom. The zero-order valence-electron chi connectivity index (χ0n) is 11.5. The van der Waals surface area contributed by atoms with Crippen LogP contribution in [-0.2, 0) is 0 Å². The molecule has 2 heterocycles. The molecule has 0 radical (unpaired) electrons. The zero-order valence-corrected chi connectivity index (χ0v) is 12.4. The number of aryl methyl sites for hydroxylation is 1. The van der Waals surface area contributed by atoms with E-state index in [4.69, 9.17) is 0 Å². The number of thiophene rings is 1. The first kappa shape index (κ1) is 14.9. The van der Waals surface area contributed by atoms with Crippen LogP contribution in [0.3, 0.4) is 0 Å². The molecule has 1 N–H and O–H groups in total. The third-order valence-corrected chi connectivity index (χ3v) is 4.89.